The molecule has 1 aliphatic heterocycles. The molecule has 0 unspecified atom stereocenters. The largest absolute Gasteiger partial charge is 0.476 e. The number of rotatable bonds is 4. The Morgan fingerprint density at radius 3 is 2.44 bits per heavy atom. The van der Waals surface area contributed by atoms with Gasteiger partial charge in [-0.05, 0) is 36.4 Å². The molecule has 1 heterocycles. The standard InChI is InChI=1S/C18H18N2O6S/c1-25-18(22)12-7-9-13(10-8-12)19-17(21)16-11-20(27(2,23)24)14-5-3-4-6-15(14)26-16/h3-10,16H,11H2,1-2H3,(H,19,21)/t16-/m0/s1. The number of para-hydroxylation sites is 2. The Hall–Kier alpha value is -3.07. The molecule has 2 aromatic rings. The number of amides is 1. The number of fused-ring (bicyclic) bond motifs is 1. The van der Waals surface area contributed by atoms with E-state index in [-0.39, 0.29) is 6.54 Å². The third-order valence-corrected chi connectivity index (χ3v) is 5.15. The Balaban J connectivity index is 1.78. The first-order valence-electron chi connectivity index (χ1n) is 8.02. The molecular formula is C18H18N2O6S. The van der Waals surface area contributed by atoms with Crippen molar-refractivity contribution in [2.75, 3.05) is 29.5 Å². The van der Waals surface area contributed by atoms with Crippen molar-refractivity contribution in [2.24, 2.45) is 0 Å². The van der Waals surface area contributed by atoms with Gasteiger partial charge in [-0.3, -0.25) is 9.10 Å². The van der Waals surface area contributed by atoms with Gasteiger partial charge in [0.15, 0.2) is 6.10 Å². The van der Waals surface area contributed by atoms with Crippen LogP contribution in [0.25, 0.3) is 0 Å². The molecule has 0 saturated heterocycles. The highest BCUT2D eigenvalue weighted by Crippen LogP contribution is 2.34. The zero-order valence-electron chi connectivity index (χ0n) is 14.7. The number of nitrogens with zero attached hydrogens (tertiary/aromatic N) is 1. The van der Waals surface area contributed by atoms with E-state index in [4.69, 9.17) is 4.74 Å². The number of nitrogens with one attached hydrogen (secondary N) is 1. The zero-order valence-corrected chi connectivity index (χ0v) is 15.5. The topological polar surface area (TPSA) is 102 Å². The molecule has 8 nitrogen and oxygen atoms in total. The van der Waals surface area contributed by atoms with Gasteiger partial charge in [0.1, 0.15) is 5.75 Å². The zero-order chi connectivity index (χ0) is 19.6. The van der Waals surface area contributed by atoms with Gasteiger partial charge >= 0.3 is 5.97 Å². The van der Waals surface area contributed by atoms with E-state index in [0.29, 0.717) is 22.7 Å². The third kappa shape index (κ3) is 4.03. The molecule has 3 rings (SSSR count). The number of carbonyl (C=O) groups is 2. The van der Waals surface area contributed by atoms with Crippen LogP contribution in [0.15, 0.2) is 48.5 Å². The highest BCUT2D eigenvalue weighted by Gasteiger charge is 2.34. The van der Waals surface area contributed by atoms with E-state index in [9.17, 15) is 18.0 Å². The molecule has 1 aliphatic rings. The molecular weight excluding hydrogens is 372 g/mol. The van der Waals surface area contributed by atoms with Crippen molar-refractivity contribution in [2.45, 2.75) is 6.10 Å². The van der Waals surface area contributed by atoms with E-state index in [0.717, 1.165) is 10.6 Å². The number of ether oxygens (including phenoxy) is 2. The number of sulfonamides is 1. The van der Waals surface area contributed by atoms with Crippen LogP contribution in [0.2, 0.25) is 0 Å². The van der Waals surface area contributed by atoms with Crippen molar-refractivity contribution in [1.29, 1.82) is 0 Å². The van der Waals surface area contributed by atoms with Gasteiger partial charge in [0.05, 0.1) is 31.2 Å². The summed E-state index contributed by atoms with van der Waals surface area (Å²) in [4.78, 5) is 24.0. The summed E-state index contributed by atoms with van der Waals surface area (Å²) in [7, 11) is -2.29. The molecule has 0 aromatic heterocycles. The lowest BCUT2D eigenvalue weighted by molar-refractivity contribution is -0.122. The number of hydrogen-bond acceptors (Lipinski definition) is 6. The van der Waals surface area contributed by atoms with Crippen LogP contribution in [0.1, 0.15) is 10.4 Å². The molecule has 0 spiro atoms. The Bertz CT molecular complexity index is 972. The molecule has 27 heavy (non-hydrogen) atoms. The lowest BCUT2D eigenvalue weighted by Gasteiger charge is -2.33. The van der Waals surface area contributed by atoms with E-state index in [1.807, 2.05) is 0 Å². The predicted octanol–water partition coefficient (Wildman–Crippen LogP) is 1.64. The van der Waals surface area contributed by atoms with Gasteiger partial charge in [-0.1, -0.05) is 12.1 Å². The van der Waals surface area contributed by atoms with Crippen LogP contribution in [-0.4, -0.2) is 46.3 Å². The first kappa shape index (κ1) is 18.7. The number of benzene rings is 2. The number of esters is 1. The Morgan fingerprint density at radius 2 is 1.81 bits per heavy atom. The normalized spacial score (nSPS) is 16.1. The first-order chi connectivity index (χ1) is 12.8. The molecule has 0 aliphatic carbocycles. The number of anilines is 2. The van der Waals surface area contributed by atoms with E-state index >= 15 is 0 Å². The summed E-state index contributed by atoms with van der Waals surface area (Å²) in [6, 6.07) is 12.8. The van der Waals surface area contributed by atoms with E-state index in [1.165, 1.54) is 19.2 Å². The Kier molecular flexibility index (Phi) is 5.04. The molecule has 142 valence electrons. The summed E-state index contributed by atoms with van der Waals surface area (Å²) in [5.74, 6) is -0.664. The van der Waals surface area contributed by atoms with Crippen molar-refractivity contribution in [3.05, 3.63) is 54.1 Å². The molecule has 0 bridgehead atoms. The highest BCUT2D eigenvalue weighted by atomic mass is 32.2. The lowest BCUT2D eigenvalue weighted by Crippen LogP contribution is -2.48. The van der Waals surface area contributed by atoms with Crippen molar-refractivity contribution in [3.63, 3.8) is 0 Å². The van der Waals surface area contributed by atoms with Crippen LogP contribution in [0.4, 0.5) is 11.4 Å². The second-order valence-corrected chi connectivity index (χ2v) is 7.83. The van der Waals surface area contributed by atoms with Gasteiger partial charge in [0.25, 0.3) is 5.91 Å². The highest BCUT2D eigenvalue weighted by molar-refractivity contribution is 7.92. The van der Waals surface area contributed by atoms with Crippen LogP contribution >= 0.6 is 0 Å². The average molecular weight is 390 g/mol. The van der Waals surface area contributed by atoms with Crippen LogP contribution in [0.5, 0.6) is 5.75 Å². The summed E-state index contributed by atoms with van der Waals surface area (Å²) < 4.78 is 35.6. The van der Waals surface area contributed by atoms with Crippen LogP contribution in [-0.2, 0) is 19.6 Å². The number of carbonyl (C=O) groups excluding carboxylic acids is 2. The summed E-state index contributed by atoms with van der Waals surface area (Å²) in [6.07, 6.45) is 0.0604. The molecule has 9 heteroatoms. The SMILES string of the molecule is COC(=O)c1ccc(NC(=O)[C@@H]2CN(S(C)(=O)=O)c3ccccc3O2)cc1. The van der Waals surface area contributed by atoms with Gasteiger partial charge in [-0.25, -0.2) is 13.2 Å². The van der Waals surface area contributed by atoms with Crippen LogP contribution in [0.3, 0.4) is 0 Å². The molecule has 1 amide bonds. The molecule has 2 aromatic carbocycles. The van der Waals surface area contributed by atoms with Gasteiger partial charge in [0.2, 0.25) is 10.0 Å². The van der Waals surface area contributed by atoms with Crippen molar-refractivity contribution in [3.8, 4) is 5.75 Å². The smallest absolute Gasteiger partial charge is 0.337 e. The number of hydrogen-bond donors (Lipinski definition) is 1. The minimum absolute atomic E-state index is 0.137. The monoisotopic (exact) mass is 390 g/mol. The van der Waals surface area contributed by atoms with E-state index in [1.54, 1.807) is 36.4 Å². The summed E-state index contributed by atoms with van der Waals surface area (Å²) in [5.41, 5.74) is 1.19. The quantitative estimate of drug-likeness (QED) is 0.797. The summed E-state index contributed by atoms with van der Waals surface area (Å²) in [5, 5.41) is 2.66. The summed E-state index contributed by atoms with van der Waals surface area (Å²) in [6.45, 7) is -0.137. The molecule has 0 radical (unpaired) electrons. The van der Waals surface area contributed by atoms with Crippen molar-refractivity contribution in [1.82, 2.24) is 0 Å². The maximum atomic E-state index is 12.6. The fraction of sp³-hybridized carbons (Fsp3) is 0.222. The van der Waals surface area contributed by atoms with E-state index in [2.05, 4.69) is 10.1 Å². The maximum Gasteiger partial charge on any atom is 0.337 e. The average Bonchev–Trinajstić information content (AvgIpc) is 2.66. The van der Waals surface area contributed by atoms with Gasteiger partial charge in [-0.15, -0.1) is 0 Å². The van der Waals surface area contributed by atoms with Crippen molar-refractivity contribution < 1.29 is 27.5 Å². The fourth-order valence-corrected chi connectivity index (χ4v) is 3.60. The fourth-order valence-electron chi connectivity index (χ4n) is 2.68. The lowest BCUT2D eigenvalue weighted by atomic mass is 10.2. The van der Waals surface area contributed by atoms with Crippen LogP contribution in [0, 0.1) is 0 Å². The molecule has 0 fully saturated rings. The minimum Gasteiger partial charge on any atom is -0.476 e. The first-order valence-corrected chi connectivity index (χ1v) is 9.87. The van der Waals surface area contributed by atoms with Crippen LogP contribution < -0.4 is 14.4 Å². The summed E-state index contributed by atoms with van der Waals surface area (Å²) >= 11 is 0. The second-order valence-electron chi connectivity index (χ2n) is 5.93. The third-order valence-electron chi connectivity index (χ3n) is 4.00. The maximum absolute atomic E-state index is 12.6. The van der Waals surface area contributed by atoms with E-state index < -0.39 is 28.0 Å². The Labute approximate surface area is 156 Å². The minimum atomic E-state index is -3.57. The van der Waals surface area contributed by atoms with Crippen molar-refractivity contribution >= 4 is 33.3 Å². The predicted molar refractivity (Wildman–Crippen MR) is 99.5 cm³/mol. The molecule has 1 N–H and O–H groups in total. The van der Waals surface area contributed by atoms with Gasteiger partial charge in [-0.2, -0.15) is 0 Å². The van der Waals surface area contributed by atoms with Gasteiger partial charge in [0, 0.05) is 5.69 Å². The molecule has 0 saturated carbocycles. The number of methoxy groups -OCH3 is 1. The molecule has 1 atom stereocenters. The Morgan fingerprint density at radius 1 is 1.15 bits per heavy atom. The van der Waals surface area contributed by atoms with Gasteiger partial charge < -0.3 is 14.8 Å². The second kappa shape index (κ2) is 7.28.